The Morgan fingerprint density at radius 3 is 2.91 bits per heavy atom. The van der Waals surface area contributed by atoms with Crippen LogP contribution in [0.25, 0.3) is 0 Å². The summed E-state index contributed by atoms with van der Waals surface area (Å²) >= 11 is 0. The fourth-order valence-electron chi connectivity index (χ4n) is 3.90. The molecule has 0 aliphatic carbocycles. The molecule has 0 fully saturated rings. The normalized spacial score (nSPS) is 19.2. The van der Waals surface area contributed by atoms with E-state index in [2.05, 4.69) is 59.0 Å². The van der Waals surface area contributed by atoms with Crippen molar-refractivity contribution < 1.29 is 0 Å². The minimum atomic E-state index is 0.487. The van der Waals surface area contributed by atoms with E-state index in [0.29, 0.717) is 5.92 Å². The van der Waals surface area contributed by atoms with Gasteiger partial charge in [0, 0.05) is 31.9 Å². The first-order chi connectivity index (χ1) is 10.7. The summed E-state index contributed by atoms with van der Waals surface area (Å²) in [5, 5.41) is 0. The van der Waals surface area contributed by atoms with E-state index in [0.717, 1.165) is 24.6 Å². The Bertz CT molecular complexity index is 723. The summed E-state index contributed by atoms with van der Waals surface area (Å²) in [6, 6.07) is 6.77. The van der Waals surface area contributed by atoms with E-state index in [1.807, 2.05) is 0 Å². The molecule has 1 aromatic carbocycles. The number of hydrogen-bond acceptors (Lipinski definition) is 4. The summed E-state index contributed by atoms with van der Waals surface area (Å²) in [6.07, 6.45) is 5.07. The highest BCUT2D eigenvalue weighted by Crippen LogP contribution is 2.45. The van der Waals surface area contributed by atoms with Gasteiger partial charge in [0.05, 0.1) is 0 Å². The smallest absolute Gasteiger partial charge is 0.141 e. The van der Waals surface area contributed by atoms with Crippen LogP contribution in [0.15, 0.2) is 24.5 Å². The number of rotatable bonds is 1. The van der Waals surface area contributed by atoms with Crippen LogP contribution in [0.5, 0.6) is 0 Å². The number of anilines is 3. The van der Waals surface area contributed by atoms with Gasteiger partial charge in [-0.05, 0) is 36.3 Å². The number of para-hydroxylation sites is 1. The number of benzene rings is 1. The first kappa shape index (κ1) is 13.6. The number of aryl methyl sites for hydroxylation is 1. The van der Waals surface area contributed by atoms with Crippen LogP contribution in [-0.4, -0.2) is 30.6 Å². The van der Waals surface area contributed by atoms with Gasteiger partial charge >= 0.3 is 0 Å². The van der Waals surface area contributed by atoms with Crippen LogP contribution in [0.4, 0.5) is 17.3 Å². The molecular formula is C18H22N4. The Morgan fingerprint density at radius 1 is 1.23 bits per heavy atom. The Labute approximate surface area is 131 Å². The molecule has 0 spiro atoms. The summed E-state index contributed by atoms with van der Waals surface area (Å²) in [6.45, 7) is 3.37. The lowest BCUT2D eigenvalue weighted by molar-refractivity contribution is 0.745. The second-order valence-electron chi connectivity index (χ2n) is 6.61. The minimum absolute atomic E-state index is 0.487. The average molecular weight is 294 g/mol. The zero-order valence-electron chi connectivity index (χ0n) is 13.5. The van der Waals surface area contributed by atoms with Gasteiger partial charge in [-0.2, -0.15) is 0 Å². The van der Waals surface area contributed by atoms with Crippen molar-refractivity contribution in [1.29, 1.82) is 0 Å². The lowest BCUT2D eigenvalue weighted by Crippen LogP contribution is -2.27. The van der Waals surface area contributed by atoms with E-state index in [1.165, 1.54) is 35.2 Å². The molecule has 0 radical (unpaired) electrons. The van der Waals surface area contributed by atoms with E-state index >= 15 is 0 Å². The predicted octanol–water partition coefficient (Wildman–Crippen LogP) is 3.29. The second kappa shape index (κ2) is 4.97. The summed E-state index contributed by atoms with van der Waals surface area (Å²) in [7, 11) is 4.12. The van der Waals surface area contributed by atoms with Crippen molar-refractivity contribution in [1.82, 2.24) is 9.97 Å². The number of aromatic nitrogens is 2. The molecular weight excluding hydrogens is 272 g/mol. The molecule has 1 atom stereocenters. The molecule has 0 amide bonds. The molecule has 4 heteroatoms. The van der Waals surface area contributed by atoms with Crippen LogP contribution in [-0.2, 0) is 12.8 Å². The van der Waals surface area contributed by atoms with Crippen LogP contribution in [0.3, 0.4) is 0 Å². The third-order valence-electron chi connectivity index (χ3n) is 4.87. The fourth-order valence-corrected chi connectivity index (χ4v) is 3.90. The molecule has 0 saturated carbocycles. The van der Waals surface area contributed by atoms with Crippen LogP contribution in [0.1, 0.15) is 36.0 Å². The Balaban J connectivity index is 1.99. The summed E-state index contributed by atoms with van der Waals surface area (Å²) in [5.74, 6) is 2.65. The summed E-state index contributed by atoms with van der Waals surface area (Å²) < 4.78 is 0. The molecule has 3 heterocycles. The maximum atomic E-state index is 4.67. The summed E-state index contributed by atoms with van der Waals surface area (Å²) in [4.78, 5) is 13.7. The first-order valence-corrected chi connectivity index (χ1v) is 8.07. The Morgan fingerprint density at radius 2 is 2.09 bits per heavy atom. The Kier molecular flexibility index (Phi) is 3.06. The van der Waals surface area contributed by atoms with Crippen molar-refractivity contribution in [2.75, 3.05) is 30.4 Å². The topological polar surface area (TPSA) is 32.3 Å². The van der Waals surface area contributed by atoms with Gasteiger partial charge in [-0.25, -0.2) is 9.97 Å². The van der Waals surface area contributed by atoms with Gasteiger partial charge in [0.25, 0.3) is 0 Å². The van der Waals surface area contributed by atoms with Crippen molar-refractivity contribution in [3.63, 3.8) is 0 Å². The van der Waals surface area contributed by atoms with E-state index < -0.39 is 0 Å². The molecule has 0 N–H and O–H groups in total. The van der Waals surface area contributed by atoms with Crippen molar-refractivity contribution in [3.8, 4) is 0 Å². The van der Waals surface area contributed by atoms with Gasteiger partial charge in [-0.1, -0.05) is 25.1 Å². The predicted molar refractivity (Wildman–Crippen MR) is 90.2 cm³/mol. The molecule has 2 aliphatic rings. The number of hydrogen-bond donors (Lipinski definition) is 0. The van der Waals surface area contributed by atoms with Gasteiger partial charge < -0.3 is 9.80 Å². The zero-order chi connectivity index (χ0) is 15.3. The third-order valence-corrected chi connectivity index (χ3v) is 4.87. The number of fused-ring (bicyclic) bond motifs is 2. The van der Waals surface area contributed by atoms with Gasteiger partial charge in [0.15, 0.2) is 0 Å². The lowest BCUT2D eigenvalue weighted by Gasteiger charge is -2.32. The highest BCUT2D eigenvalue weighted by molar-refractivity contribution is 5.76. The van der Waals surface area contributed by atoms with Crippen LogP contribution < -0.4 is 9.80 Å². The quantitative estimate of drug-likeness (QED) is 0.808. The Hall–Kier alpha value is -2.10. The molecule has 0 bridgehead atoms. The van der Waals surface area contributed by atoms with Gasteiger partial charge in [0.2, 0.25) is 0 Å². The van der Waals surface area contributed by atoms with Crippen LogP contribution in [0.2, 0.25) is 0 Å². The van der Waals surface area contributed by atoms with Crippen molar-refractivity contribution in [3.05, 3.63) is 41.2 Å². The molecule has 114 valence electrons. The van der Waals surface area contributed by atoms with Crippen LogP contribution >= 0.6 is 0 Å². The third kappa shape index (κ3) is 1.90. The fraction of sp³-hybridized carbons (Fsp3) is 0.444. The van der Waals surface area contributed by atoms with Gasteiger partial charge in [0.1, 0.15) is 18.0 Å². The van der Waals surface area contributed by atoms with E-state index in [4.69, 9.17) is 0 Å². The lowest BCUT2D eigenvalue weighted by atomic mass is 9.90. The molecule has 22 heavy (non-hydrogen) atoms. The molecule has 1 aromatic heterocycles. The SMILES string of the molecule is CC1Cc2c(N(C)C)ncnc2N2CCCc3cccc1c32. The zero-order valence-corrected chi connectivity index (χ0v) is 13.5. The van der Waals surface area contributed by atoms with Crippen molar-refractivity contribution in [2.24, 2.45) is 0 Å². The molecule has 4 nitrogen and oxygen atoms in total. The van der Waals surface area contributed by atoms with Gasteiger partial charge in [-0.15, -0.1) is 0 Å². The average Bonchev–Trinajstić information content (AvgIpc) is 2.65. The maximum Gasteiger partial charge on any atom is 0.141 e. The maximum absolute atomic E-state index is 4.67. The summed E-state index contributed by atoms with van der Waals surface area (Å²) in [5.41, 5.74) is 5.61. The molecule has 0 saturated heterocycles. The first-order valence-electron chi connectivity index (χ1n) is 8.07. The van der Waals surface area contributed by atoms with E-state index in [1.54, 1.807) is 6.33 Å². The van der Waals surface area contributed by atoms with E-state index in [-0.39, 0.29) is 0 Å². The van der Waals surface area contributed by atoms with Crippen LogP contribution in [0, 0.1) is 0 Å². The monoisotopic (exact) mass is 294 g/mol. The van der Waals surface area contributed by atoms with E-state index in [9.17, 15) is 0 Å². The second-order valence-corrected chi connectivity index (χ2v) is 6.61. The van der Waals surface area contributed by atoms with Gasteiger partial charge in [-0.3, -0.25) is 0 Å². The van der Waals surface area contributed by atoms with Crippen molar-refractivity contribution in [2.45, 2.75) is 32.1 Å². The largest absolute Gasteiger partial charge is 0.362 e. The molecule has 4 rings (SSSR count). The number of nitrogens with zero attached hydrogens (tertiary/aromatic N) is 4. The molecule has 2 aromatic rings. The minimum Gasteiger partial charge on any atom is -0.362 e. The highest BCUT2D eigenvalue weighted by atomic mass is 15.2. The molecule has 1 unspecified atom stereocenters. The molecule has 2 aliphatic heterocycles. The standard InChI is InChI=1S/C18H22N4/c1-12-10-15-17(21(2)3)19-11-20-18(15)22-9-5-7-13-6-4-8-14(12)16(13)22/h4,6,8,11-12H,5,7,9-10H2,1-3H3. The van der Waals surface area contributed by atoms with Crippen molar-refractivity contribution >= 4 is 17.3 Å². The highest BCUT2D eigenvalue weighted by Gasteiger charge is 2.31.